The van der Waals surface area contributed by atoms with Gasteiger partial charge in [-0.2, -0.15) is 0 Å². The van der Waals surface area contributed by atoms with Gasteiger partial charge in [-0.05, 0) is 25.0 Å². The lowest BCUT2D eigenvalue weighted by Gasteiger charge is -2.30. The Hall–Kier alpha value is -1.75. The third-order valence-corrected chi connectivity index (χ3v) is 3.17. The molecule has 1 fully saturated rings. The van der Waals surface area contributed by atoms with Crippen molar-refractivity contribution in [1.82, 2.24) is 4.90 Å². The maximum Gasteiger partial charge on any atom is 0.256 e. The lowest BCUT2D eigenvalue weighted by Crippen LogP contribution is -2.42. The van der Waals surface area contributed by atoms with Crippen molar-refractivity contribution in [2.45, 2.75) is 18.9 Å². The molecule has 1 saturated heterocycles. The predicted octanol–water partition coefficient (Wildman–Crippen LogP) is 0.874. The van der Waals surface area contributed by atoms with Crippen LogP contribution in [0, 0.1) is 0 Å². The first kappa shape index (κ1) is 12.7. The number of aliphatic hydroxyl groups is 1. The average Bonchev–Trinajstić information content (AvgIpc) is 2.37. The van der Waals surface area contributed by atoms with Crippen molar-refractivity contribution in [3.8, 4) is 5.75 Å². The highest BCUT2D eigenvalue weighted by Crippen LogP contribution is 2.22. The van der Waals surface area contributed by atoms with Crippen molar-refractivity contribution in [2.24, 2.45) is 0 Å². The van der Waals surface area contributed by atoms with Gasteiger partial charge < -0.3 is 20.5 Å². The number of β-amino-alcohol motifs (C(OH)–C–C–N with tert-alkyl or cyclic N) is 1. The number of piperidine rings is 1. The number of benzene rings is 1. The number of carbonyl (C=O) groups is 1. The molecule has 0 saturated carbocycles. The van der Waals surface area contributed by atoms with E-state index >= 15 is 0 Å². The average molecular weight is 250 g/mol. The SMILES string of the molecule is COc1ccc(C(=O)N2CCC[C@H](O)C2)c(N)c1. The minimum absolute atomic E-state index is 0.131. The van der Waals surface area contributed by atoms with Gasteiger partial charge in [0.1, 0.15) is 5.75 Å². The Bertz CT molecular complexity index is 448. The molecule has 1 amide bonds. The molecule has 0 aliphatic carbocycles. The molecule has 0 unspecified atom stereocenters. The van der Waals surface area contributed by atoms with Gasteiger partial charge in [0.15, 0.2) is 0 Å². The molecule has 2 rings (SSSR count). The van der Waals surface area contributed by atoms with Crippen LogP contribution in [0.2, 0.25) is 0 Å². The molecule has 98 valence electrons. The molecule has 5 heteroatoms. The fraction of sp³-hybridized carbons (Fsp3) is 0.462. The van der Waals surface area contributed by atoms with E-state index in [1.54, 1.807) is 30.2 Å². The molecule has 1 aromatic carbocycles. The van der Waals surface area contributed by atoms with Gasteiger partial charge in [-0.25, -0.2) is 0 Å². The molecule has 1 atom stereocenters. The van der Waals surface area contributed by atoms with Crippen LogP contribution < -0.4 is 10.5 Å². The summed E-state index contributed by atoms with van der Waals surface area (Å²) >= 11 is 0. The largest absolute Gasteiger partial charge is 0.497 e. The number of carbonyl (C=O) groups excluding carboxylic acids is 1. The van der Waals surface area contributed by atoms with Crippen LogP contribution in [0.3, 0.4) is 0 Å². The number of likely N-dealkylation sites (tertiary alicyclic amines) is 1. The molecule has 0 aromatic heterocycles. The first-order valence-corrected chi connectivity index (χ1v) is 6.02. The zero-order valence-corrected chi connectivity index (χ0v) is 10.4. The topological polar surface area (TPSA) is 75.8 Å². The minimum atomic E-state index is -0.429. The standard InChI is InChI=1S/C13H18N2O3/c1-18-10-4-5-11(12(14)7-10)13(17)15-6-2-3-9(16)8-15/h4-5,7,9,16H,2-3,6,8,14H2,1H3/t9-/m0/s1. The van der Waals surface area contributed by atoms with E-state index in [2.05, 4.69) is 0 Å². The van der Waals surface area contributed by atoms with Crippen LogP contribution in [0.1, 0.15) is 23.2 Å². The van der Waals surface area contributed by atoms with Crippen molar-refractivity contribution in [3.63, 3.8) is 0 Å². The quantitative estimate of drug-likeness (QED) is 0.764. The number of nitrogen functional groups attached to an aromatic ring is 1. The Kier molecular flexibility index (Phi) is 3.72. The van der Waals surface area contributed by atoms with Gasteiger partial charge in [0.25, 0.3) is 5.91 Å². The molecule has 3 N–H and O–H groups in total. The molecule has 1 heterocycles. The Morgan fingerprint density at radius 1 is 1.56 bits per heavy atom. The second-order valence-electron chi connectivity index (χ2n) is 4.50. The van der Waals surface area contributed by atoms with Crippen LogP contribution in [0.25, 0.3) is 0 Å². The second-order valence-corrected chi connectivity index (χ2v) is 4.50. The van der Waals surface area contributed by atoms with Crippen LogP contribution in [-0.2, 0) is 0 Å². The summed E-state index contributed by atoms with van der Waals surface area (Å²) in [6, 6.07) is 5.01. The fourth-order valence-corrected chi connectivity index (χ4v) is 2.17. The molecule has 1 aromatic rings. The number of hydrogen-bond donors (Lipinski definition) is 2. The molecule has 18 heavy (non-hydrogen) atoms. The summed E-state index contributed by atoms with van der Waals surface area (Å²) in [6.07, 6.45) is 1.15. The molecule has 0 radical (unpaired) electrons. The number of nitrogens with two attached hydrogens (primary N) is 1. The summed E-state index contributed by atoms with van der Waals surface area (Å²) < 4.78 is 5.05. The van der Waals surface area contributed by atoms with Gasteiger partial charge in [0.2, 0.25) is 0 Å². The highest BCUT2D eigenvalue weighted by Gasteiger charge is 2.24. The lowest BCUT2D eigenvalue weighted by molar-refractivity contribution is 0.0474. The van der Waals surface area contributed by atoms with Gasteiger partial charge in [-0.3, -0.25) is 4.79 Å². The smallest absolute Gasteiger partial charge is 0.256 e. The van der Waals surface area contributed by atoms with E-state index < -0.39 is 6.10 Å². The monoisotopic (exact) mass is 250 g/mol. The highest BCUT2D eigenvalue weighted by atomic mass is 16.5. The zero-order valence-electron chi connectivity index (χ0n) is 10.4. The fourth-order valence-electron chi connectivity index (χ4n) is 2.17. The summed E-state index contributed by atoms with van der Waals surface area (Å²) in [5.41, 5.74) is 6.71. The molecule has 5 nitrogen and oxygen atoms in total. The van der Waals surface area contributed by atoms with Gasteiger partial charge in [-0.1, -0.05) is 0 Å². The Balaban J connectivity index is 2.17. The van der Waals surface area contributed by atoms with Crippen molar-refractivity contribution < 1.29 is 14.6 Å². The van der Waals surface area contributed by atoms with Gasteiger partial charge in [-0.15, -0.1) is 0 Å². The number of nitrogens with zero attached hydrogens (tertiary/aromatic N) is 1. The van der Waals surface area contributed by atoms with Crippen molar-refractivity contribution in [1.29, 1.82) is 0 Å². The number of aliphatic hydroxyl groups excluding tert-OH is 1. The van der Waals surface area contributed by atoms with Crippen molar-refractivity contribution in [2.75, 3.05) is 25.9 Å². The van der Waals surface area contributed by atoms with Crippen molar-refractivity contribution in [3.05, 3.63) is 23.8 Å². The third kappa shape index (κ3) is 2.56. The number of amides is 1. The number of methoxy groups -OCH3 is 1. The van der Waals surface area contributed by atoms with Crippen LogP contribution >= 0.6 is 0 Å². The molecular weight excluding hydrogens is 232 g/mol. The van der Waals surface area contributed by atoms with Crippen LogP contribution in [-0.4, -0.2) is 42.2 Å². The third-order valence-electron chi connectivity index (χ3n) is 3.17. The van der Waals surface area contributed by atoms with Crippen molar-refractivity contribution >= 4 is 11.6 Å². The van der Waals surface area contributed by atoms with Gasteiger partial charge >= 0.3 is 0 Å². The Morgan fingerprint density at radius 3 is 2.94 bits per heavy atom. The van der Waals surface area contributed by atoms with E-state index in [4.69, 9.17) is 10.5 Å². The zero-order chi connectivity index (χ0) is 13.1. The summed E-state index contributed by atoms with van der Waals surface area (Å²) in [4.78, 5) is 13.9. The molecular formula is C13H18N2O3. The Labute approximate surface area is 106 Å². The number of hydrogen-bond acceptors (Lipinski definition) is 4. The molecule has 0 spiro atoms. The summed E-state index contributed by atoms with van der Waals surface area (Å²) in [5.74, 6) is 0.497. The summed E-state index contributed by atoms with van der Waals surface area (Å²) in [5, 5.41) is 9.58. The van der Waals surface area contributed by atoms with E-state index in [1.165, 1.54) is 0 Å². The number of ether oxygens (including phenoxy) is 1. The summed E-state index contributed by atoms with van der Waals surface area (Å²) in [7, 11) is 1.55. The first-order chi connectivity index (χ1) is 8.61. The normalized spacial score (nSPS) is 19.7. The molecule has 0 bridgehead atoms. The Morgan fingerprint density at radius 2 is 2.33 bits per heavy atom. The van der Waals surface area contributed by atoms with Crippen LogP contribution in [0.5, 0.6) is 5.75 Å². The number of anilines is 1. The van der Waals surface area contributed by atoms with E-state index in [9.17, 15) is 9.90 Å². The number of rotatable bonds is 2. The van der Waals surface area contributed by atoms with Crippen LogP contribution in [0.15, 0.2) is 18.2 Å². The van der Waals surface area contributed by atoms with Crippen LogP contribution in [0.4, 0.5) is 5.69 Å². The van der Waals surface area contributed by atoms with Gasteiger partial charge in [0, 0.05) is 24.8 Å². The maximum absolute atomic E-state index is 12.3. The van der Waals surface area contributed by atoms with E-state index in [-0.39, 0.29) is 5.91 Å². The predicted molar refractivity (Wildman–Crippen MR) is 68.6 cm³/mol. The van der Waals surface area contributed by atoms with E-state index in [0.29, 0.717) is 30.1 Å². The minimum Gasteiger partial charge on any atom is -0.497 e. The second kappa shape index (κ2) is 5.27. The maximum atomic E-state index is 12.3. The first-order valence-electron chi connectivity index (χ1n) is 6.02. The molecule has 1 aliphatic rings. The van der Waals surface area contributed by atoms with E-state index in [0.717, 1.165) is 12.8 Å². The van der Waals surface area contributed by atoms with E-state index in [1.807, 2.05) is 0 Å². The molecule has 1 aliphatic heterocycles. The van der Waals surface area contributed by atoms with Gasteiger partial charge in [0.05, 0.1) is 18.8 Å². The lowest BCUT2D eigenvalue weighted by atomic mass is 10.1. The highest BCUT2D eigenvalue weighted by molar-refractivity contribution is 5.99. The summed E-state index contributed by atoms with van der Waals surface area (Å²) in [6.45, 7) is 1.05.